The molecule has 118 valence electrons. The number of nitrogens with two attached hydrogens (primary N) is 1. The monoisotopic (exact) mass is 306 g/mol. The molecule has 0 aliphatic rings. The van der Waals surface area contributed by atoms with Crippen LogP contribution in [0.1, 0.15) is 20.3 Å². The zero-order chi connectivity index (χ0) is 16.1. The molecule has 0 bridgehead atoms. The second-order valence-electron chi connectivity index (χ2n) is 5.71. The largest absolute Gasteiger partial charge is 0.486 e. The van der Waals surface area contributed by atoms with Crippen LogP contribution in [0, 0.1) is 17.6 Å². The highest BCUT2D eigenvalue weighted by Crippen LogP contribution is 2.28. The Labute approximate surface area is 129 Å². The first-order chi connectivity index (χ1) is 10.5. The van der Waals surface area contributed by atoms with E-state index in [2.05, 4.69) is 4.98 Å². The number of benzene rings is 1. The van der Waals surface area contributed by atoms with Gasteiger partial charge in [-0.15, -0.1) is 0 Å². The highest BCUT2D eigenvalue weighted by molar-refractivity contribution is 5.64. The van der Waals surface area contributed by atoms with Gasteiger partial charge in [0.1, 0.15) is 6.61 Å². The second-order valence-corrected chi connectivity index (χ2v) is 5.71. The van der Waals surface area contributed by atoms with Gasteiger partial charge in [-0.05, 0) is 47.7 Å². The van der Waals surface area contributed by atoms with Gasteiger partial charge in [-0.3, -0.25) is 4.98 Å². The Hall–Kier alpha value is -2.01. The van der Waals surface area contributed by atoms with Crippen LogP contribution in [0.15, 0.2) is 36.7 Å². The van der Waals surface area contributed by atoms with E-state index in [0.29, 0.717) is 17.0 Å². The van der Waals surface area contributed by atoms with Crippen molar-refractivity contribution >= 4 is 0 Å². The summed E-state index contributed by atoms with van der Waals surface area (Å²) in [5, 5.41) is 0. The quantitative estimate of drug-likeness (QED) is 0.883. The molecule has 0 aliphatic carbocycles. The van der Waals surface area contributed by atoms with Crippen molar-refractivity contribution in [3.8, 4) is 16.9 Å². The van der Waals surface area contributed by atoms with Gasteiger partial charge in [0.25, 0.3) is 0 Å². The van der Waals surface area contributed by atoms with Crippen molar-refractivity contribution in [2.75, 3.05) is 6.61 Å². The van der Waals surface area contributed by atoms with Crippen molar-refractivity contribution < 1.29 is 13.5 Å². The maximum atomic E-state index is 14.1. The van der Waals surface area contributed by atoms with Gasteiger partial charge in [-0.25, -0.2) is 8.78 Å². The van der Waals surface area contributed by atoms with Crippen LogP contribution in [-0.4, -0.2) is 17.6 Å². The Morgan fingerprint density at radius 2 is 1.68 bits per heavy atom. The third kappa shape index (κ3) is 4.24. The number of pyridine rings is 1. The van der Waals surface area contributed by atoms with E-state index in [1.165, 1.54) is 12.1 Å². The molecule has 5 heteroatoms. The molecule has 2 N–H and O–H groups in total. The number of hydrogen-bond donors (Lipinski definition) is 1. The Balaban J connectivity index is 2.14. The molecule has 22 heavy (non-hydrogen) atoms. The standard InChI is InChI=1S/C17H20F2N2O/c1-11(2)7-14(20)10-22-17-15(18)8-13(9-16(17)19)12-3-5-21-6-4-12/h3-6,8-9,11,14H,7,10,20H2,1-2H3. The predicted molar refractivity (Wildman–Crippen MR) is 82.5 cm³/mol. The number of hydrogen-bond acceptors (Lipinski definition) is 3. The molecule has 0 saturated heterocycles. The van der Waals surface area contributed by atoms with Crippen LogP contribution in [0.4, 0.5) is 8.78 Å². The van der Waals surface area contributed by atoms with E-state index in [1.54, 1.807) is 24.5 Å². The van der Waals surface area contributed by atoms with Crippen molar-refractivity contribution in [2.24, 2.45) is 11.7 Å². The van der Waals surface area contributed by atoms with Gasteiger partial charge in [-0.1, -0.05) is 13.8 Å². The van der Waals surface area contributed by atoms with Crippen LogP contribution in [0.2, 0.25) is 0 Å². The van der Waals surface area contributed by atoms with Crippen LogP contribution in [-0.2, 0) is 0 Å². The maximum Gasteiger partial charge on any atom is 0.190 e. The maximum absolute atomic E-state index is 14.1. The first kappa shape index (κ1) is 16.4. The third-order valence-electron chi connectivity index (χ3n) is 3.23. The number of aromatic nitrogens is 1. The summed E-state index contributed by atoms with van der Waals surface area (Å²) in [6, 6.07) is 5.63. The fourth-order valence-electron chi connectivity index (χ4n) is 2.27. The van der Waals surface area contributed by atoms with E-state index in [4.69, 9.17) is 10.5 Å². The lowest BCUT2D eigenvalue weighted by Gasteiger charge is -2.16. The van der Waals surface area contributed by atoms with E-state index < -0.39 is 11.6 Å². The molecule has 0 aliphatic heterocycles. The fourth-order valence-corrected chi connectivity index (χ4v) is 2.27. The summed E-state index contributed by atoms with van der Waals surface area (Å²) in [4.78, 5) is 3.88. The summed E-state index contributed by atoms with van der Waals surface area (Å²) in [6.45, 7) is 4.15. The van der Waals surface area contributed by atoms with Crippen molar-refractivity contribution in [3.05, 3.63) is 48.3 Å². The molecule has 1 aromatic carbocycles. The molecule has 3 nitrogen and oxygen atoms in total. The van der Waals surface area contributed by atoms with E-state index in [1.807, 2.05) is 13.8 Å². The zero-order valence-corrected chi connectivity index (χ0v) is 12.7. The molecule has 0 saturated carbocycles. The summed E-state index contributed by atoms with van der Waals surface area (Å²) in [5.74, 6) is -1.44. The Morgan fingerprint density at radius 3 is 2.23 bits per heavy atom. The Bertz CT molecular complexity index is 594. The van der Waals surface area contributed by atoms with Gasteiger partial charge in [0, 0.05) is 18.4 Å². The lowest BCUT2D eigenvalue weighted by Crippen LogP contribution is -2.29. The average Bonchev–Trinajstić information content (AvgIpc) is 2.46. The number of rotatable bonds is 6. The molecular formula is C17H20F2N2O. The van der Waals surface area contributed by atoms with E-state index in [-0.39, 0.29) is 18.4 Å². The minimum atomic E-state index is -0.733. The summed E-state index contributed by atoms with van der Waals surface area (Å²) in [7, 11) is 0. The van der Waals surface area contributed by atoms with Gasteiger partial charge in [-0.2, -0.15) is 0 Å². The van der Waals surface area contributed by atoms with Crippen molar-refractivity contribution in [3.63, 3.8) is 0 Å². The third-order valence-corrected chi connectivity index (χ3v) is 3.23. The number of ether oxygens (including phenoxy) is 1. The molecule has 0 amide bonds. The molecule has 1 atom stereocenters. The highest BCUT2D eigenvalue weighted by atomic mass is 19.1. The molecule has 0 radical (unpaired) electrons. The molecule has 0 fully saturated rings. The van der Waals surface area contributed by atoms with Crippen LogP contribution in [0.3, 0.4) is 0 Å². The lowest BCUT2D eigenvalue weighted by molar-refractivity contribution is 0.249. The van der Waals surface area contributed by atoms with Gasteiger partial charge < -0.3 is 10.5 Å². The lowest BCUT2D eigenvalue weighted by atomic mass is 10.1. The minimum absolute atomic E-state index is 0.0840. The van der Waals surface area contributed by atoms with Gasteiger partial charge >= 0.3 is 0 Å². The zero-order valence-electron chi connectivity index (χ0n) is 12.7. The molecule has 1 heterocycles. The molecule has 1 aromatic heterocycles. The van der Waals surface area contributed by atoms with Crippen molar-refractivity contribution in [2.45, 2.75) is 26.3 Å². The summed E-state index contributed by atoms with van der Waals surface area (Å²) >= 11 is 0. The summed E-state index contributed by atoms with van der Waals surface area (Å²) in [5.41, 5.74) is 7.00. The predicted octanol–water partition coefficient (Wildman–Crippen LogP) is 3.78. The van der Waals surface area contributed by atoms with Gasteiger partial charge in [0.05, 0.1) is 0 Å². The smallest absolute Gasteiger partial charge is 0.190 e. The summed E-state index contributed by atoms with van der Waals surface area (Å²) in [6.07, 6.45) is 3.87. The van der Waals surface area contributed by atoms with E-state index >= 15 is 0 Å². The molecule has 2 rings (SSSR count). The van der Waals surface area contributed by atoms with Gasteiger partial charge in [0.2, 0.25) is 0 Å². The van der Waals surface area contributed by atoms with Crippen molar-refractivity contribution in [1.82, 2.24) is 4.98 Å². The number of halogens is 2. The summed E-state index contributed by atoms with van der Waals surface area (Å²) < 4.78 is 33.4. The van der Waals surface area contributed by atoms with E-state index in [9.17, 15) is 8.78 Å². The van der Waals surface area contributed by atoms with Crippen LogP contribution < -0.4 is 10.5 Å². The highest BCUT2D eigenvalue weighted by Gasteiger charge is 2.15. The van der Waals surface area contributed by atoms with E-state index in [0.717, 1.165) is 6.42 Å². The Morgan fingerprint density at radius 1 is 1.09 bits per heavy atom. The van der Waals surface area contributed by atoms with Crippen molar-refractivity contribution in [1.29, 1.82) is 0 Å². The normalized spacial score (nSPS) is 12.5. The minimum Gasteiger partial charge on any atom is -0.486 e. The fraction of sp³-hybridized carbons (Fsp3) is 0.353. The topological polar surface area (TPSA) is 48.1 Å². The van der Waals surface area contributed by atoms with Gasteiger partial charge in [0.15, 0.2) is 17.4 Å². The van der Waals surface area contributed by atoms with Crippen LogP contribution in [0.25, 0.3) is 11.1 Å². The molecular weight excluding hydrogens is 286 g/mol. The molecule has 0 spiro atoms. The second kappa shape index (κ2) is 7.31. The number of nitrogens with zero attached hydrogens (tertiary/aromatic N) is 1. The first-order valence-electron chi connectivity index (χ1n) is 7.25. The SMILES string of the molecule is CC(C)CC(N)COc1c(F)cc(-c2ccncc2)cc1F. The van der Waals surface area contributed by atoms with Crippen LogP contribution in [0.5, 0.6) is 5.75 Å². The average molecular weight is 306 g/mol. The van der Waals surface area contributed by atoms with Crippen LogP contribution >= 0.6 is 0 Å². The first-order valence-corrected chi connectivity index (χ1v) is 7.25. The molecule has 1 unspecified atom stereocenters. The molecule has 2 aromatic rings. The Kier molecular flexibility index (Phi) is 5.44.